The Balaban J connectivity index is 2.63. The summed E-state index contributed by atoms with van der Waals surface area (Å²) in [6.45, 7) is 9.60. The van der Waals surface area contributed by atoms with Crippen LogP contribution < -0.4 is 5.32 Å². The zero-order valence-corrected chi connectivity index (χ0v) is 9.92. The number of carbonyl (C=O) groups excluding carboxylic acids is 1. The van der Waals surface area contributed by atoms with Crippen molar-refractivity contribution in [2.45, 2.75) is 40.7 Å². The van der Waals surface area contributed by atoms with Gasteiger partial charge in [0.05, 0.1) is 0 Å². The lowest BCUT2D eigenvalue weighted by molar-refractivity contribution is -0.141. The molecule has 0 unspecified atom stereocenters. The molecule has 1 saturated carbocycles. The molecule has 1 aliphatic rings. The molecule has 0 heterocycles. The average Bonchev–Trinajstić information content (AvgIpc) is 2.41. The molecule has 0 aromatic carbocycles. The molecule has 1 fully saturated rings. The molecule has 1 aliphatic carbocycles. The van der Waals surface area contributed by atoms with Crippen LogP contribution in [0.25, 0.3) is 0 Å². The summed E-state index contributed by atoms with van der Waals surface area (Å²) < 4.78 is 0. The van der Waals surface area contributed by atoms with Gasteiger partial charge in [-0.05, 0) is 17.8 Å². The van der Waals surface area contributed by atoms with Crippen LogP contribution in [0.15, 0.2) is 0 Å². The number of carbonyl (C=O) groups is 2. The number of hydrogen-bond donors (Lipinski definition) is 2. The monoisotopic (exact) mass is 213 g/mol. The van der Waals surface area contributed by atoms with Crippen LogP contribution in [0.4, 0.5) is 0 Å². The first-order valence-electron chi connectivity index (χ1n) is 5.15. The molecule has 0 radical (unpaired) electrons. The van der Waals surface area contributed by atoms with Crippen LogP contribution in [0, 0.1) is 16.7 Å². The van der Waals surface area contributed by atoms with Gasteiger partial charge < -0.3 is 10.4 Å². The molecular formula is C11H19NO3. The molecule has 0 saturated heterocycles. The SMILES string of the molecule is C[C@@H](NC(=O)C1C(C)(C)C1(C)C)C(=O)O. The highest BCUT2D eigenvalue weighted by atomic mass is 16.4. The number of aliphatic carboxylic acids is 1. The second kappa shape index (κ2) is 3.22. The summed E-state index contributed by atoms with van der Waals surface area (Å²) in [5.74, 6) is -1.24. The number of carboxylic acid groups (broad SMARTS) is 1. The molecule has 15 heavy (non-hydrogen) atoms. The van der Waals surface area contributed by atoms with E-state index in [-0.39, 0.29) is 22.7 Å². The lowest BCUT2D eigenvalue weighted by atomic mass is 10.0. The van der Waals surface area contributed by atoms with Crippen LogP contribution in [0.3, 0.4) is 0 Å². The second-order valence-electron chi connectivity index (χ2n) is 5.44. The maximum Gasteiger partial charge on any atom is 0.325 e. The molecule has 1 atom stereocenters. The van der Waals surface area contributed by atoms with Crippen molar-refractivity contribution in [3.63, 3.8) is 0 Å². The molecule has 4 nitrogen and oxygen atoms in total. The van der Waals surface area contributed by atoms with Crippen LogP contribution in [0.2, 0.25) is 0 Å². The third kappa shape index (κ3) is 1.73. The van der Waals surface area contributed by atoms with Gasteiger partial charge in [0.25, 0.3) is 0 Å². The molecule has 0 aromatic rings. The van der Waals surface area contributed by atoms with E-state index < -0.39 is 12.0 Å². The molecule has 1 rings (SSSR count). The summed E-state index contributed by atoms with van der Waals surface area (Å²) in [6, 6.07) is -0.815. The van der Waals surface area contributed by atoms with E-state index in [1.807, 2.05) is 27.7 Å². The highest BCUT2D eigenvalue weighted by molar-refractivity contribution is 5.88. The average molecular weight is 213 g/mol. The lowest BCUT2D eigenvalue weighted by Gasteiger charge is -2.09. The number of amides is 1. The maximum absolute atomic E-state index is 11.8. The van der Waals surface area contributed by atoms with Crippen LogP contribution in [-0.2, 0) is 9.59 Å². The van der Waals surface area contributed by atoms with E-state index in [9.17, 15) is 9.59 Å². The van der Waals surface area contributed by atoms with Gasteiger partial charge in [-0.2, -0.15) is 0 Å². The van der Waals surface area contributed by atoms with Crippen molar-refractivity contribution in [3.05, 3.63) is 0 Å². The van der Waals surface area contributed by atoms with Crippen LogP contribution in [0.5, 0.6) is 0 Å². The van der Waals surface area contributed by atoms with E-state index in [0.717, 1.165) is 0 Å². The minimum absolute atomic E-state index is 0.0463. The Morgan fingerprint density at radius 2 is 1.60 bits per heavy atom. The van der Waals surface area contributed by atoms with Crippen LogP contribution in [0.1, 0.15) is 34.6 Å². The van der Waals surface area contributed by atoms with Crippen molar-refractivity contribution in [3.8, 4) is 0 Å². The van der Waals surface area contributed by atoms with Gasteiger partial charge >= 0.3 is 5.97 Å². The molecule has 0 spiro atoms. The summed E-state index contributed by atoms with van der Waals surface area (Å²) in [5.41, 5.74) is -0.0926. The van der Waals surface area contributed by atoms with Gasteiger partial charge in [0.2, 0.25) is 5.91 Å². The quantitative estimate of drug-likeness (QED) is 0.741. The van der Waals surface area contributed by atoms with E-state index in [2.05, 4.69) is 5.32 Å². The van der Waals surface area contributed by atoms with Crippen molar-refractivity contribution >= 4 is 11.9 Å². The fraction of sp³-hybridized carbons (Fsp3) is 0.818. The van der Waals surface area contributed by atoms with Crippen molar-refractivity contribution < 1.29 is 14.7 Å². The molecule has 86 valence electrons. The molecule has 0 bridgehead atoms. The number of hydrogen-bond acceptors (Lipinski definition) is 2. The third-order valence-electron chi connectivity index (χ3n) is 4.01. The van der Waals surface area contributed by atoms with Gasteiger partial charge in [-0.1, -0.05) is 27.7 Å². The first kappa shape index (κ1) is 12.0. The van der Waals surface area contributed by atoms with Crippen molar-refractivity contribution in [2.75, 3.05) is 0 Å². The number of carboxylic acids is 1. The number of rotatable bonds is 3. The Kier molecular flexibility index (Phi) is 2.58. The fourth-order valence-electron chi connectivity index (χ4n) is 2.21. The van der Waals surface area contributed by atoms with Gasteiger partial charge in [0.15, 0.2) is 0 Å². The van der Waals surface area contributed by atoms with Crippen molar-refractivity contribution in [1.29, 1.82) is 0 Å². The summed E-state index contributed by atoms with van der Waals surface area (Å²) in [5, 5.41) is 11.2. The minimum atomic E-state index is -1.00. The minimum Gasteiger partial charge on any atom is -0.480 e. The maximum atomic E-state index is 11.8. The van der Waals surface area contributed by atoms with Crippen molar-refractivity contribution in [1.82, 2.24) is 5.32 Å². The van der Waals surface area contributed by atoms with Crippen LogP contribution >= 0.6 is 0 Å². The third-order valence-corrected chi connectivity index (χ3v) is 4.01. The van der Waals surface area contributed by atoms with E-state index >= 15 is 0 Å². The normalized spacial score (nSPS) is 24.3. The first-order valence-corrected chi connectivity index (χ1v) is 5.15. The fourth-order valence-corrected chi connectivity index (χ4v) is 2.21. The second-order valence-corrected chi connectivity index (χ2v) is 5.44. The Labute approximate surface area is 90.0 Å². The van der Waals surface area contributed by atoms with E-state index in [0.29, 0.717) is 0 Å². The predicted molar refractivity (Wildman–Crippen MR) is 56.3 cm³/mol. The highest BCUT2D eigenvalue weighted by Crippen LogP contribution is 2.68. The molecule has 1 amide bonds. The molecule has 4 heteroatoms. The Morgan fingerprint density at radius 1 is 1.20 bits per heavy atom. The highest BCUT2D eigenvalue weighted by Gasteiger charge is 2.68. The van der Waals surface area contributed by atoms with Gasteiger partial charge in [0.1, 0.15) is 6.04 Å². The lowest BCUT2D eigenvalue weighted by Crippen LogP contribution is -2.40. The van der Waals surface area contributed by atoms with Crippen molar-refractivity contribution in [2.24, 2.45) is 16.7 Å². The van der Waals surface area contributed by atoms with Gasteiger partial charge in [-0.15, -0.1) is 0 Å². The van der Waals surface area contributed by atoms with E-state index in [1.165, 1.54) is 6.92 Å². The summed E-state index contributed by atoms with van der Waals surface area (Å²) in [6.07, 6.45) is 0. The zero-order valence-electron chi connectivity index (χ0n) is 9.92. The predicted octanol–water partition coefficient (Wildman–Crippen LogP) is 1.26. The topological polar surface area (TPSA) is 66.4 Å². The van der Waals surface area contributed by atoms with E-state index in [4.69, 9.17) is 5.11 Å². The van der Waals surface area contributed by atoms with Crippen LogP contribution in [-0.4, -0.2) is 23.0 Å². The van der Waals surface area contributed by atoms with Gasteiger partial charge in [-0.25, -0.2) is 0 Å². The Bertz CT molecular complexity index is 293. The molecule has 0 aromatic heterocycles. The Morgan fingerprint density at radius 3 is 1.87 bits per heavy atom. The zero-order chi connectivity index (χ0) is 12.0. The smallest absolute Gasteiger partial charge is 0.325 e. The van der Waals surface area contributed by atoms with Gasteiger partial charge in [0, 0.05) is 5.92 Å². The molecule has 2 N–H and O–H groups in total. The summed E-state index contributed by atoms with van der Waals surface area (Å²) in [4.78, 5) is 22.4. The van der Waals surface area contributed by atoms with Gasteiger partial charge in [-0.3, -0.25) is 9.59 Å². The number of nitrogens with one attached hydrogen (secondary N) is 1. The molecule has 0 aliphatic heterocycles. The standard InChI is InChI=1S/C11H19NO3/c1-6(9(14)15)12-8(13)7-10(2,3)11(7,4)5/h6-7H,1-5H3,(H,12,13)(H,14,15)/t6-/m1/s1. The molecular weight excluding hydrogens is 194 g/mol. The first-order chi connectivity index (χ1) is 6.62. The summed E-state index contributed by atoms with van der Waals surface area (Å²) >= 11 is 0. The summed E-state index contributed by atoms with van der Waals surface area (Å²) in [7, 11) is 0. The Hall–Kier alpha value is -1.06. The van der Waals surface area contributed by atoms with E-state index in [1.54, 1.807) is 0 Å². The largest absolute Gasteiger partial charge is 0.480 e.